The fraction of sp³-hybridized carbons (Fsp3) is 0.158. The van der Waals surface area contributed by atoms with Crippen LogP contribution in [0.2, 0.25) is 0 Å². The lowest BCUT2D eigenvalue weighted by molar-refractivity contribution is 0.0687. The van der Waals surface area contributed by atoms with E-state index in [4.69, 9.17) is 16.2 Å². The number of aromatic carboxylic acids is 2. The average molecular weight is 689 g/mol. The lowest BCUT2D eigenvalue weighted by atomic mass is 10.0. The van der Waals surface area contributed by atoms with Crippen LogP contribution in [0.5, 0.6) is 0 Å². The highest BCUT2D eigenvalue weighted by Crippen LogP contribution is 2.32. The summed E-state index contributed by atoms with van der Waals surface area (Å²) in [6.07, 6.45) is 3.57. The molecule has 0 saturated carbocycles. The summed E-state index contributed by atoms with van der Waals surface area (Å²) < 4.78 is 9.48. The van der Waals surface area contributed by atoms with E-state index in [9.17, 15) is 29.4 Å². The monoisotopic (exact) mass is 688 g/mol. The Morgan fingerprint density at radius 2 is 1.06 bits per heavy atom. The van der Waals surface area contributed by atoms with Crippen molar-refractivity contribution in [2.75, 3.05) is 48.4 Å². The van der Waals surface area contributed by atoms with Crippen LogP contribution in [0.15, 0.2) is 85.2 Å². The standard InChI is InChI=1S/C38H36N6O7/c1-21-31(29-7-3-5-15-43(29)33(21)35(45)23-9-11-27(39)25(19-23)37(47)48)41-13-17-51-18-14-42-32-22(2)34(44-16-6-4-8-30(32)44)36(46)24-10-12-28(40)26(20-24)38(49)50/h3-12,15-16,19-20,41-42H,13-14,17-18,39-40H2,1-2H3,(H,47,48)(H,49,50). The summed E-state index contributed by atoms with van der Waals surface area (Å²) in [5.74, 6) is -3.08. The Morgan fingerprint density at radius 3 is 1.45 bits per heavy atom. The molecule has 0 atom stereocenters. The highest BCUT2D eigenvalue weighted by atomic mass is 16.5. The Balaban J connectivity index is 1.11. The van der Waals surface area contributed by atoms with Gasteiger partial charge >= 0.3 is 11.9 Å². The lowest BCUT2D eigenvalue weighted by Gasteiger charge is -2.10. The molecule has 0 radical (unpaired) electrons. The number of carbonyl (C=O) groups excluding carboxylic acids is 2. The van der Waals surface area contributed by atoms with E-state index in [1.165, 1.54) is 36.4 Å². The third-order valence-corrected chi connectivity index (χ3v) is 8.79. The van der Waals surface area contributed by atoms with Gasteiger partial charge in [-0.2, -0.15) is 0 Å². The molecule has 0 amide bonds. The first kappa shape index (κ1) is 34.3. The number of carbonyl (C=O) groups is 4. The molecule has 6 rings (SSSR count). The maximum Gasteiger partial charge on any atom is 0.337 e. The van der Waals surface area contributed by atoms with Gasteiger partial charge in [-0.05, 0) is 74.5 Å². The van der Waals surface area contributed by atoms with Gasteiger partial charge in [0, 0.05) is 59.1 Å². The number of nitrogens with one attached hydrogen (secondary N) is 2. The number of ketones is 2. The molecule has 0 spiro atoms. The third kappa shape index (κ3) is 6.45. The minimum absolute atomic E-state index is 0.0809. The van der Waals surface area contributed by atoms with Gasteiger partial charge in [-0.15, -0.1) is 0 Å². The van der Waals surface area contributed by atoms with Crippen molar-refractivity contribution in [3.63, 3.8) is 0 Å². The molecule has 0 aliphatic heterocycles. The number of rotatable bonds is 14. The molecule has 0 unspecified atom stereocenters. The van der Waals surface area contributed by atoms with Gasteiger partial charge < -0.3 is 45.9 Å². The molecule has 6 aromatic rings. The van der Waals surface area contributed by atoms with E-state index in [-0.39, 0.29) is 45.2 Å². The van der Waals surface area contributed by atoms with Crippen molar-refractivity contribution in [3.8, 4) is 0 Å². The molecule has 0 aliphatic rings. The smallest absolute Gasteiger partial charge is 0.337 e. The summed E-state index contributed by atoms with van der Waals surface area (Å²) in [5, 5.41) is 25.8. The van der Waals surface area contributed by atoms with Crippen LogP contribution in [-0.4, -0.2) is 68.8 Å². The normalized spacial score (nSPS) is 11.2. The number of ether oxygens (including phenoxy) is 1. The zero-order valence-corrected chi connectivity index (χ0v) is 27.9. The van der Waals surface area contributed by atoms with Gasteiger partial charge in [-0.1, -0.05) is 12.1 Å². The van der Waals surface area contributed by atoms with Crippen molar-refractivity contribution < 1.29 is 34.1 Å². The quantitative estimate of drug-likeness (QED) is 0.0488. The number of aromatic nitrogens is 2. The largest absolute Gasteiger partial charge is 0.478 e. The van der Waals surface area contributed by atoms with E-state index in [1.54, 1.807) is 21.2 Å². The minimum Gasteiger partial charge on any atom is -0.478 e. The maximum absolute atomic E-state index is 13.7. The topological polar surface area (TPSA) is 203 Å². The van der Waals surface area contributed by atoms with Crippen LogP contribution in [0, 0.1) is 13.8 Å². The van der Waals surface area contributed by atoms with Crippen LogP contribution >= 0.6 is 0 Å². The molecule has 260 valence electrons. The van der Waals surface area contributed by atoms with Crippen molar-refractivity contribution in [1.29, 1.82) is 0 Å². The van der Waals surface area contributed by atoms with Crippen molar-refractivity contribution in [1.82, 2.24) is 8.80 Å². The van der Waals surface area contributed by atoms with E-state index in [2.05, 4.69) is 10.6 Å². The number of pyridine rings is 2. The summed E-state index contributed by atoms with van der Waals surface area (Å²) in [6, 6.07) is 19.6. The molecule has 0 saturated heterocycles. The molecule has 51 heavy (non-hydrogen) atoms. The summed E-state index contributed by atoms with van der Waals surface area (Å²) >= 11 is 0. The number of hydrogen-bond acceptors (Lipinski definition) is 9. The Bertz CT molecular complexity index is 2190. The number of benzene rings is 2. The number of nitrogens with two attached hydrogens (primary N) is 2. The Morgan fingerprint density at radius 1 is 0.647 bits per heavy atom. The predicted molar refractivity (Wildman–Crippen MR) is 195 cm³/mol. The van der Waals surface area contributed by atoms with Crippen LogP contribution < -0.4 is 22.1 Å². The van der Waals surface area contributed by atoms with E-state index in [0.717, 1.165) is 22.4 Å². The number of carboxylic acid groups (broad SMARTS) is 2. The summed E-state index contributed by atoms with van der Waals surface area (Å²) in [4.78, 5) is 50.6. The van der Waals surface area contributed by atoms with Gasteiger partial charge in [-0.25, -0.2) is 9.59 Å². The SMILES string of the molecule is Cc1c(NCCOCCNc2c(C)c(C(=O)c3ccc(N)c(C(=O)O)c3)n3ccccc23)c2ccccn2c1C(=O)c1ccc(N)c(C(=O)O)c1. The number of nitrogen functional groups attached to an aromatic ring is 2. The first-order chi connectivity index (χ1) is 24.5. The van der Waals surface area contributed by atoms with Crippen LogP contribution in [0.1, 0.15) is 63.9 Å². The predicted octanol–water partition coefficient (Wildman–Crippen LogP) is 5.37. The summed E-state index contributed by atoms with van der Waals surface area (Å²) in [6.45, 7) is 5.28. The number of nitrogens with zero attached hydrogens (tertiary/aromatic N) is 2. The minimum atomic E-state index is -1.21. The van der Waals surface area contributed by atoms with Crippen molar-refractivity contribution in [3.05, 3.63) is 130 Å². The number of anilines is 4. The molecular weight excluding hydrogens is 652 g/mol. The van der Waals surface area contributed by atoms with Crippen molar-refractivity contribution in [2.24, 2.45) is 0 Å². The molecule has 13 nitrogen and oxygen atoms in total. The molecule has 0 fully saturated rings. The van der Waals surface area contributed by atoms with E-state index in [1.807, 2.05) is 50.2 Å². The van der Waals surface area contributed by atoms with Gasteiger partial charge in [0.15, 0.2) is 0 Å². The van der Waals surface area contributed by atoms with Crippen LogP contribution in [0.25, 0.3) is 11.0 Å². The summed E-state index contributed by atoms with van der Waals surface area (Å²) in [7, 11) is 0. The van der Waals surface area contributed by atoms with Crippen molar-refractivity contribution in [2.45, 2.75) is 13.8 Å². The van der Waals surface area contributed by atoms with Crippen molar-refractivity contribution >= 4 is 57.3 Å². The molecule has 4 heterocycles. The van der Waals surface area contributed by atoms with E-state index < -0.39 is 11.9 Å². The lowest BCUT2D eigenvalue weighted by Crippen LogP contribution is -2.15. The second-order valence-electron chi connectivity index (χ2n) is 11.9. The van der Waals surface area contributed by atoms with Gasteiger partial charge in [0.05, 0.1) is 58.1 Å². The molecule has 13 heteroatoms. The van der Waals surface area contributed by atoms with Gasteiger partial charge in [0.25, 0.3) is 0 Å². The van der Waals surface area contributed by atoms with E-state index >= 15 is 0 Å². The van der Waals surface area contributed by atoms with Crippen LogP contribution in [0.3, 0.4) is 0 Å². The number of hydrogen-bond donors (Lipinski definition) is 6. The Kier molecular flexibility index (Phi) is 9.47. The highest BCUT2D eigenvalue weighted by molar-refractivity contribution is 6.13. The average Bonchev–Trinajstić information content (AvgIpc) is 3.56. The number of carboxylic acids is 2. The first-order valence-electron chi connectivity index (χ1n) is 16.1. The zero-order valence-electron chi connectivity index (χ0n) is 27.9. The fourth-order valence-electron chi connectivity index (χ4n) is 6.31. The Hall–Kier alpha value is -6.60. The second kappa shape index (κ2) is 14.1. The molecule has 0 bridgehead atoms. The van der Waals surface area contributed by atoms with Gasteiger partial charge in [0.2, 0.25) is 11.6 Å². The summed E-state index contributed by atoms with van der Waals surface area (Å²) in [5.41, 5.74) is 17.3. The maximum atomic E-state index is 13.7. The van der Waals surface area contributed by atoms with Gasteiger partial charge in [-0.3, -0.25) is 9.59 Å². The second-order valence-corrected chi connectivity index (χ2v) is 11.9. The molecule has 8 N–H and O–H groups in total. The van der Waals surface area contributed by atoms with E-state index in [0.29, 0.717) is 48.8 Å². The molecule has 0 aliphatic carbocycles. The third-order valence-electron chi connectivity index (χ3n) is 8.79. The Labute approximate surface area is 292 Å². The zero-order chi connectivity index (χ0) is 36.4. The number of fused-ring (bicyclic) bond motifs is 2. The first-order valence-corrected chi connectivity index (χ1v) is 16.1. The molecule has 4 aromatic heterocycles. The van der Waals surface area contributed by atoms with Gasteiger partial charge in [0.1, 0.15) is 0 Å². The molecule has 2 aromatic carbocycles. The fourth-order valence-corrected chi connectivity index (χ4v) is 6.31. The van der Waals surface area contributed by atoms with Crippen LogP contribution in [0.4, 0.5) is 22.7 Å². The molecular formula is C38H36N6O7. The van der Waals surface area contributed by atoms with Crippen LogP contribution in [-0.2, 0) is 4.74 Å². The highest BCUT2D eigenvalue weighted by Gasteiger charge is 2.24.